The lowest BCUT2D eigenvalue weighted by molar-refractivity contribution is -0.126. The van der Waals surface area contributed by atoms with Gasteiger partial charge in [0.05, 0.1) is 5.41 Å². The third kappa shape index (κ3) is 1.92. The van der Waals surface area contributed by atoms with Crippen LogP contribution in [-0.4, -0.2) is 25.5 Å². The lowest BCUT2D eigenvalue weighted by Gasteiger charge is -2.18. The molecule has 14 heavy (non-hydrogen) atoms. The Balaban J connectivity index is 1.82. The number of carbonyl (C=O) groups excluding carboxylic acids is 1. The van der Waals surface area contributed by atoms with Crippen LogP contribution >= 0.6 is 0 Å². The Morgan fingerprint density at radius 2 is 2.00 bits per heavy atom. The van der Waals surface area contributed by atoms with Crippen LogP contribution in [0.2, 0.25) is 0 Å². The first-order chi connectivity index (χ1) is 6.77. The minimum Gasteiger partial charge on any atom is -0.353 e. The van der Waals surface area contributed by atoms with Crippen molar-refractivity contribution < 1.29 is 4.79 Å². The third-order valence-corrected chi connectivity index (χ3v) is 3.54. The van der Waals surface area contributed by atoms with Crippen LogP contribution in [0, 0.1) is 5.41 Å². The van der Waals surface area contributed by atoms with Gasteiger partial charge in [-0.3, -0.25) is 4.79 Å². The van der Waals surface area contributed by atoms with Gasteiger partial charge >= 0.3 is 0 Å². The highest BCUT2D eigenvalue weighted by Crippen LogP contribution is 2.45. The van der Waals surface area contributed by atoms with Crippen molar-refractivity contribution in [3.05, 3.63) is 0 Å². The van der Waals surface area contributed by atoms with Crippen LogP contribution in [0.3, 0.4) is 0 Å². The highest BCUT2D eigenvalue weighted by atomic mass is 16.2. The highest BCUT2D eigenvalue weighted by molar-refractivity contribution is 5.85. The summed E-state index contributed by atoms with van der Waals surface area (Å²) in [6.45, 7) is 0.839. The molecule has 3 nitrogen and oxygen atoms in total. The Labute approximate surface area is 85.6 Å². The van der Waals surface area contributed by atoms with Gasteiger partial charge in [-0.15, -0.1) is 0 Å². The van der Waals surface area contributed by atoms with Gasteiger partial charge in [-0.25, -0.2) is 0 Å². The largest absolute Gasteiger partial charge is 0.353 e. The van der Waals surface area contributed by atoms with Crippen LogP contribution in [-0.2, 0) is 4.79 Å². The molecular formula is C11H20N2O. The summed E-state index contributed by atoms with van der Waals surface area (Å²) in [6.07, 6.45) is 7.05. The number of rotatable bonds is 4. The monoisotopic (exact) mass is 196 g/mol. The first-order valence-electron chi connectivity index (χ1n) is 5.72. The molecule has 0 bridgehead atoms. The molecule has 2 rings (SSSR count). The average molecular weight is 196 g/mol. The summed E-state index contributed by atoms with van der Waals surface area (Å²) in [5.74, 6) is 0.291. The van der Waals surface area contributed by atoms with Gasteiger partial charge in [0.15, 0.2) is 0 Å². The quantitative estimate of drug-likeness (QED) is 0.705. The number of hydrogen-bond acceptors (Lipinski definition) is 2. The Morgan fingerprint density at radius 1 is 1.36 bits per heavy atom. The lowest BCUT2D eigenvalue weighted by Crippen LogP contribution is -2.41. The molecule has 1 amide bonds. The van der Waals surface area contributed by atoms with Crippen molar-refractivity contribution in [2.75, 3.05) is 13.6 Å². The molecule has 0 aromatic rings. The Kier molecular flexibility index (Phi) is 2.77. The minimum atomic E-state index is -0.0443. The van der Waals surface area contributed by atoms with Crippen molar-refractivity contribution >= 4 is 5.91 Å². The molecule has 2 fully saturated rings. The van der Waals surface area contributed by atoms with Crippen molar-refractivity contribution in [3.63, 3.8) is 0 Å². The molecule has 3 heteroatoms. The van der Waals surface area contributed by atoms with Crippen molar-refractivity contribution in [1.82, 2.24) is 10.6 Å². The molecule has 0 unspecified atom stereocenters. The average Bonchev–Trinajstić information content (AvgIpc) is 2.77. The normalized spacial score (nSPS) is 24.9. The number of nitrogens with one attached hydrogen (secondary N) is 2. The van der Waals surface area contributed by atoms with E-state index in [1.807, 2.05) is 7.05 Å². The van der Waals surface area contributed by atoms with Gasteiger partial charge < -0.3 is 10.6 Å². The van der Waals surface area contributed by atoms with Gasteiger partial charge in [-0.05, 0) is 32.7 Å². The molecule has 2 aliphatic rings. The van der Waals surface area contributed by atoms with Gasteiger partial charge in [0.1, 0.15) is 0 Å². The van der Waals surface area contributed by atoms with Crippen LogP contribution < -0.4 is 10.6 Å². The Bertz CT molecular complexity index is 217. The summed E-state index contributed by atoms with van der Waals surface area (Å²) in [6, 6.07) is 0.469. The van der Waals surface area contributed by atoms with Gasteiger partial charge in [0.2, 0.25) is 5.91 Å². The van der Waals surface area contributed by atoms with Crippen molar-refractivity contribution in [3.8, 4) is 0 Å². The van der Waals surface area contributed by atoms with E-state index in [0.29, 0.717) is 11.9 Å². The summed E-state index contributed by atoms with van der Waals surface area (Å²) in [7, 11) is 1.92. The van der Waals surface area contributed by atoms with E-state index < -0.39 is 0 Å². The highest BCUT2D eigenvalue weighted by Gasteiger charge is 2.49. The molecule has 2 aliphatic carbocycles. The second-order valence-electron chi connectivity index (χ2n) is 4.77. The van der Waals surface area contributed by atoms with Crippen molar-refractivity contribution in [1.29, 1.82) is 0 Å². The zero-order chi connectivity index (χ0) is 10.0. The molecule has 0 heterocycles. The number of carbonyl (C=O) groups is 1. The molecule has 0 radical (unpaired) electrons. The van der Waals surface area contributed by atoms with Gasteiger partial charge in [-0.1, -0.05) is 12.8 Å². The maximum atomic E-state index is 11.9. The minimum absolute atomic E-state index is 0.0443. The standard InChI is InChI=1S/C11H20N2O/c1-12-8-11(6-7-11)10(14)13-9-4-2-3-5-9/h9,12H,2-8H2,1H3,(H,13,14). The Hall–Kier alpha value is -0.570. The maximum absolute atomic E-state index is 11.9. The fourth-order valence-corrected chi connectivity index (χ4v) is 2.38. The molecule has 0 aromatic carbocycles. The fourth-order valence-electron chi connectivity index (χ4n) is 2.38. The van der Waals surface area contributed by atoms with E-state index in [1.165, 1.54) is 25.7 Å². The van der Waals surface area contributed by atoms with E-state index in [-0.39, 0.29) is 5.41 Å². The molecule has 2 N–H and O–H groups in total. The molecule has 0 aromatic heterocycles. The van der Waals surface area contributed by atoms with Crippen molar-refractivity contribution in [2.45, 2.75) is 44.6 Å². The molecule has 0 atom stereocenters. The van der Waals surface area contributed by atoms with E-state index in [4.69, 9.17) is 0 Å². The zero-order valence-electron chi connectivity index (χ0n) is 8.94. The second-order valence-corrected chi connectivity index (χ2v) is 4.77. The van der Waals surface area contributed by atoms with Crippen LogP contribution in [0.1, 0.15) is 38.5 Å². The smallest absolute Gasteiger partial charge is 0.227 e. The van der Waals surface area contributed by atoms with E-state index in [1.54, 1.807) is 0 Å². The second kappa shape index (κ2) is 3.89. The predicted molar refractivity (Wildman–Crippen MR) is 56.0 cm³/mol. The van der Waals surface area contributed by atoms with Crippen LogP contribution in [0.25, 0.3) is 0 Å². The summed E-state index contributed by atoms with van der Waals surface area (Å²) in [5, 5.41) is 6.30. The summed E-state index contributed by atoms with van der Waals surface area (Å²) < 4.78 is 0. The first kappa shape index (κ1) is 9.97. The molecule has 2 saturated carbocycles. The molecule has 0 spiro atoms. The molecular weight excluding hydrogens is 176 g/mol. The van der Waals surface area contributed by atoms with Crippen molar-refractivity contribution in [2.24, 2.45) is 5.41 Å². The van der Waals surface area contributed by atoms with Gasteiger partial charge in [0.25, 0.3) is 0 Å². The number of hydrogen-bond donors (Lipinski definition) is 2. The van der Waals surface area contributed by atoms with E-state index in [9.17, 15) is 4.79 Å². The summed E-state index contributed by atoms with van der Waals surface area (Å²) in [4.78, 5) is 11.9. The van der Waals surface area contributed by atoms with E-state index >= 15 is 0 Å². The maximum Gasteiger partial charge on any atom is 0.227 e. The summed E-state index contributed by atoms with van der Waals surface area (Å²) >= 11 is 0. The van der Waals surface area contributed by atoms with E-state index in [0.717, 1.165) is 19.4 Å². The first-order valence-corrected chi connectivity index (χ1v) is 5.72. The predicted octanol–water partition coefficient (Wildman–Crippen LogP) is 1.04. The molecule has 0 aliphatic heterocycles. The van der Waals surface area contributed by atoms with Crippen LogP contribution in [0.15, 0.2) is 0 Å². The zero-order valence-corrected chi connectivity index (χ0v) is 8.94. The lowest BCUT2D eigenvalue weighted by atomic mass is 10.1. The third-order valence-electron chi connectivity index (χ3n) is 3.54. The van der Waals surface area contributed by atoms with Gasteiger partial charge in [0, 0.05) is 12.6 Å². The topological polar surface area (TPSA) is 41.1 Å². The van der Waals surface area contributed by atoms with Crippen LogP contribution in [0.5, 0.6) is 0 Å². The summed E-state index contributed by atoms with van der Waals surface area (Å²) in [5.41, 5.74) is -0.0443. The molecule has 0 saturated heterocycles. The Morgan fingerprint density at radius 3 is 2.50 bits per heavy atom. The SMILES string of the molecule is CNCC1(C(=O)NC2CCCC2)CC1. The molecule has 80 valence electrons. The van der Waals surface area contributed by atoms with Crippen LogP contribution in [0.4, 0.5) is 0 Å². The van der Waals surface area contributed by atoms with E-state index in [2.05, 4.69) is 10.6 Å². The fraction of sp³-hybridized carbons (Fsp3) is 0.909. The van der Waals surface area contributed by atoms with Gasteiger partial charge in [-0.2, -0.15) is 0 Å². The number of amides is 1.